The largest absolute Gasteiger partial charge is 0.491 e. The minimum atomic E-state index is -0.544. The summed E-state index contributed by atoms with van der Waals surface area (Å²) in [7, 11) is 1.46. The molecule has 0 aliphatic carbocycles. The fraction of sp³-hybridized carbons (Fsp3) is 0.273. The van der Waals surface area contributed by atoms with Gasteiger partial charge >= 0.3 is 0 Å². The van der Waals surface area contributed by atoms with Crippen LogP contribution >= 0.6 is 11.6 Å². The minimum absolute atomic E-state index is 0.106. The molecule has 1 aliphatic rings. The van der Waals surface area contributed by atoms with Crippen LogP contribution in [0.4, 0.5) is 15.9 Å². The van der Waals surface area contributed by atoms with Crippen LogP contribution in [0.5, 0.6) is 5.75 Å². The molecule has 32 heavy (non-hydrogen) atoms. The van der Waals surface area contributed by atoms with E-state index < -0.39 is 11.9 Å². The molecule has 10 heteroatoms. The molecule has 3 aromatic rings. The predicted octanol–water partition coefficient (Wildman–Crippen LogP) is 3.68. The fourth-order valence-electron chi connectivity index (χ4n) is 3.52. The Morgan fingerprint density at radius 1 is 1.34 bits per heavy atom. The second-order valence-electron chi connectivity index (χ2n) is 7.33. The molecule has 1 fully saturated rings. The zero-order chi connectivity index (χ0) is 22.7. The van der Waals surface area contributed by atoms with Gasteiger partial charge in [-0.05, 0) is 37.1 Å². The van der Waals surface area contributed by atoms with Gasteiger partial charge in [0.1, 0.15) is 5.82 Å². The average molecular weight is 458 g/mol. The maximum absolute atomic E-state index is 14.3. The molecule has 1 atom stereocenters. The summed E-state index contributed by atoms with van der Waals surface area (Å²) in [5, 5.41) is 13.4. The summed E-state index contributed by atoms with van der Waals surface area (Å²) in [5.41, 5.74) is 0.897. The number of amides is 1. The Morgan fingerprint density at radius 3 is 2.97 bits per heavy atom. The van der Waals surface area contributed by atoms with Gasteiger partial charge < -0.3 is 20.1 Å². The number of ether oxygens (including phenoxy) is 1. The molecule has 166 valence electrons. The third-order valence-electron chi connectivity index (χ3n) is 5.13. The lowest BCUT2D eigenvalue weighted by molar-refractivity contribution is 0.0474. The van der Waals surface area contributed by atoms with Crippen LogP contribution in [0.25, 0.3) is 11.4 Å². The molecule has 4 rings (SSSR count). The van der Waals surface area contributed by atoms with E-state index in [2.05, 4.69) is 20.3 Å². The summed E-state index contributed by atoms with van der Waals surface area (Å²) in [4.78, 5) is 27.3. The number of rotatable bonds is 5. The first-order valence-electron chi connectivity index (χ1n) is 10.0. The van der Waals surface area contributed by atoms with Gasteiger partial charge in [0.15, 0.2) is 17.4 Å². The highest BCUT2D eigenvalue weighted by Gasteiger charge is 2.25. The van der Waals surface area contributed by atoms with Crippen molar-refractivity contribution < 1.29 is 19.0 Å². The molecular weight excluding hydrogens is 437 g/mol. The molecule has 1 aromatic carbocycles. The van der Waals surface area contributed by atoms with Crippen LogP contribution in [0.3, 0.4) is 0 Å². The van der Waals surface area contributed by atoms with Crippen molar-refractivity contribution >= 4 is 29.0 Å². The number of hydrogen-bond acceptors (Lipinski definition) is 7. The molecule has 8 nitrogen and oxygen atoms in total. The van der Waals surface area contributed by atoms with E-state index in [0.29, 0.717) is 35.0 Å². The summed E-state index contributed by atoms with van der Waals surface area (Å²) in [5.74, 6) is -0.118. The van der Waals surface area contributed by atoms with E-state index in [1.807, 2.05) is 0 Å². The number of carbonyl (C=O) groups excluding carboxylic acids is 1. The van der Waals surface area contributed by atoms with E-state index in [1.54, 1.807) is 11.0 Å². The van der Waals surface area contributed by atoms with Crippen molar-refractivity contribution in [3.05, 3.63) is 59.3 Å². The van der Waals surface area contributed by atoms with Gasteiger partial charge in [-0.2, -0.15) is 0 Å². The number of halogens is 2. The van der Waals surface area contributed by atoms with Gasteiger partial charge in [0.25, 0.3) is 5.91 Å². The van der Waals surface area contributed by atoms with Gasteiger partial charge in [0.05, 0.1) is 36.2 Å². The molecular formula is C22H21ClFN5O3. The van der Waals surface area contributed by atoms with E-state index >= 15 is 0 Å². The Labute approximate surface area is 189 Å². The first kappa shape index (κ1) is 21.9. The van der Waals surface area contributed by atoms with E-state index in [-0.39, 0.29) is 29.7 Å². The van der Waals surface area contributed by atoms with Crippen LogP contribution in [-0.2, 0) is 0 Å². The number of piperidine rings is 1. The van der Waals surface area contributed by atoms with Gasteiger partial charge in [-0.25, -0.2) is 14.4 Å². The van der Waals surface area contributed by atoms with Gasteiger partial charge in [0.2, 0.25) is 0 Å². The number of nitrogens with zero attached hydrogens (tertiary/aromatic N) is 4. The molecule has 1 aliphatic heterocycles. The number of methoxy groups -OCH3 is 1. The highest BCUT2D eigenvalue weighted by molar-refractivity contribution is 6.30. The third kappa shape index (κ3) is 4.63. The van der Waals surface area contributed by atoms with Gasteiger partial charge in [-0.3, -0.25) is 9.78 Å². The van der Waals surface area contributed by atoms with Crippen LogP contribution in [0.2, 0.25) is 5.02 Å². The van der Waals surface area contributed by atoms with Gasteiger partial charge in [0, 0.05) is 30.5 Å². The summed E-state index contributed by atoms with van der Waals surface area (Å²) < 4.78 is 19.7. The second kappa shape index (κ2) is 9.46. The number of β-amino-alcohol motifs (C(OH)–C–C–N with tert-alkyl or cyclic N) is 1. The van der Waals surface area contributed by atoms with Crippen molar-refractivity contribution in [3.8, 4) is 17.1 Å². The molecule has 1 saturated heterocycles. The number of hydrogen-bond donors (Lipinski definition) is 2. The highest BCUT2D eigenvalue weighted by atomic mass is 35.5. The van der Waals surface area contributed by atoms with Crippen LogP contribution in [-0.4, -0.2) is 57.2 Å². The quantitative estimate of drug-likeness (QED) is 0.602. The molecule has 0 bridgehead atoms. The van der Waals surface area contributed by atoms with Crippen molar-refractivity contribution in [2.45, 2.75) is 18.9 Å². The van der Waals surface area contributed by atoms with Crippen molar-refractivity contribution in [2.75, 3.05) is 25.5 Å². The second-order valence-corrected chi connectivity index (χ2v) is 7.76. The standard InChI is InChI=1S/C22H21ClFN5O3/c1-32-19-11-26-20(15-9-13(23)4-5-17(15)24)28-21(19)27-18-6-7-25-10-16(18)22(31)29-8-2-3-14(30)12-29/h4-7,9-11,14,30H,2-3,8,12H2,1H3,(H,25,26,27,28). The molecule has 0 radical (unpaired) electrons. The number of likely N-dealkylation sites (tertiary alicyclic amines) is 1. The fourth-order valence-corrected chi connectivity index (χ4v) is 3.69. The smallest absolute Gasteiger partial charge is 0.257 e. The van der Waals surface area contributed by atoms with Gasteiger partial charge in [-0.1, -0.05) is 11.6 Å². The van der Waals surface area contributed by atoms with Crippen LogP contribution < -0.4 is 10.1 Å². The van der Waals surface area contributed by atoms with Gasteiger partial charge in [-0.15, -0.1) is 0 Å². The summed E-state index contributed by atoms with van der Waals surface area (Å²) in [6.45, 7) is 0.821. The summed E-state index contributed by atoms with van der Waals surface area (Å²) >= 11 is 6.01. The Balaban J connectivity index is 1.69. The molecule has 1 amide bonds. The van der Waals surface area contributed by atoms with Crippen LogP contribution in [0, 0.1) is 5.82 Å². The lowest BCUT2D eigenvalue weighted by Crippen LogP contribution is -2.42. The van der Waals surface area contributed by atoms with E-state index in [4.69, 9.17) is 16.3 Å². The molecule has 0 spiro atoms. The number of aliphatic hydroxyl groups excluding tert-OH is 1. The van der Waals surface area contributed by atoms with E-state index in [1.165, 1.54) is 43.9 Å². The number of anilines is 2. The first-order chi connectivity index (χ1) is 15.5. The zero-order valence-electron chi connectivity index (χ0n) is 17.3. The maximum atomic E-state index is 14.3. The Morgan fingerprint density at radius 2 is 2.19 bits per heavy atom. The predicted molar refractivity (Wildman–Crippen MR) is 118 cm³/mol. The lowest BCUT2D eigenvalue weighted by atomic mass is 10.1. The lowest BCUT2D eigenvalue weighted by Gasteiger charge is -2.30. The van der Waals surface area contributed by atoms with E-state index in [0.717, 1.165) is 6.42 Å². The van der Waals surface area contributed by atoms with E-state index in [9.17, 15) is 14.3 Å². The number of nitrogens with one attached hydrogen (secondary N) is 1. The minimum Gasteiger partial charge on any atom is -0.491 e. The number of benzene rings is 1. The Bertz CT molecular complexity index is 1150. The zero-order valence-corrected chi connectivity index (χ0v) is 18.0. The molecule has 2 N–H and O–H groups in total. The normalized spacial score (nSPS) is 16.0. The SMILES string of the molecule is COc1cnc(-c2cc(Cl)ccc2F)nc1Nc1ccncc1C(=O)N1CCCC(O)C1. The first-order valence-corrected chi connectivity index (χ1v) is 10.4. The third-order valence-corrected chi connectivity index (χ3v) is 5.37. The van der Waals surface area contributed by atoms with Crippen molar-refractivity contribution in [1.29, 1.82) is 0 Å². The monoisotopic (exact) mass is 457 g/mol. The number of pyridine rings is 1. The number of carbonyl (C=O) groups is 1. The van der Waals surface area contributed by atoms with Crippen molar-refractivity contribution in [3.63, 3.8) is 0 Å². The molecule has 3 heterocycles. The number of aromatic nitrogens is 3. The summed E-state index contributed by atoms with van der Waals surface area (Å²) in [6, 6.07) is 5.75. The van der Waals surface area contributed by atoms with Crippen molar-refractivity contribution in [2.24, 2.45) is 0 Å². The molecule has 2 aromatic heterocycles. The average Bonchev–Trinajstić information content (AvgIpc) is 2.80. The highest BCUT2D eigenvalue weighted by Crippen LogP contribution is 2.31. The topological polar surface area (TPSA) is 100 Å². The van der Waals surface area contributed by atoms with Crippen LogP contribution in [0.15, 0.2) is 42.9 Å². The summed E-state index contributed by atoms with van der Waals surface area (Å²) in [6.07, 6.45) is 5.26. The Kier molecular flexibility index (Phi) is 6.48. The molecule has 0 saturated carbocycles. The van der Waals surface area contributed by atoms with Crippen LogP contribution in [0.1, 0.15) is 23.2 Å². The maximum Gasteiger partial charge on any atom is 0.257 e. The van der Waals surface area contributed by atoms with Crippen molar-refractivity contribution in [1.82, 2.24) is 19.9 Å². The molecule has 1 unspecified atom stereocenters. The Hall–Kier alpha value is -3.30. The number of aliphatic hydroxyl groups is 1.